The third kappa shape index (κ3) is 1.43. The summed E-state index contributed by atoms with van der Waals surface area (Å²) in [6.07, 6.45) is 4.00. The molecule has 1 aromatic heterocycles. The van der Waals surface area contributed by atoms with Gasteiger partial charge in [0.15, 0.2) is 6.20 Å². The second-order valence-corrected chi connectivity index (χ2v) is 4.27. The zero-order chi connectivity index (χ0) is 11.8. The summed E-state index contributed by atoms with van der Waals surface area (Å²) < 4.78 is 2.15. The number of fused-ring (bicyclic) bond motifs is 3. The zero-order valence-corrected chi connectivity index (χ0v) is 9.85. The van der Waals surface area contributed by atoms with E-state index in [9.17, 15) is 0 Å². The van der Waals surface area contributed by atoms with Gasteiger partial charge in [-0.1, -0.05) is 36.9 Å². The molecule has 17 heavy (non-hydrogen) atoms. The molecule has 0 aliphatic heterocycles. The number of aryl methyl sites for hydroxylation is 1. The molecule has 2 aromatic carbocycles. The van der Waals surface area contributed by atoms with E-state index < -0.39 is 0 Å². The molecule has 0 saturated carbocycles. The number of benzene rings is 2. The predicted octanol–water partition coefficient (Wildman–Crippen LogP) is 3.46. The third-order valence-corrected chi connectivity index (χ3v) is 3.27. The van der Waals surface area contributed by atoms with E-state index in [0.717, 1.165) is 0 Å². The molecule has 0 aliphatic carbocycles. The van der Waals surface area contributed by atoms with Crippen LogP contribution >= 0.6 is 0 Å². The fourth-order valence-corrected chi connectivity index (χ4v) is 2.38. The van der Waals surface area contributed by atoms with Gasteiger partial charge in [-0.3, -0.25) is 0 Å². The van der Waals surface area contributed by atoms with Crippen molar-refractivity contribution in [2.45, 2.75) is 0 Å². The van der Waals surface area contributed by atoms with Gasteiger partial charge >= 0.3 is 0 Å². The van der Waals surface area contributed by atoms with Crippen molar-refractivity contribution in [1.29, 1.82) is 0 Å². The normalized spacial score (nSPS) is 10.9. The Kier molecular flexibility index (Phi) is 2.19. The molecule has 0 atom stereocenters. The molecule has 0 spiro atoms. The lowest BCUT2D eigenvalue weighted by molar-refractivity contribution is -0.644. The minimum atomic E-state index is 1.19. The highest BCUT2D eigenvalue weighted by molar-refractivity contribution is 6.08. The summed E-state index contributed by atoms with van der Waals surface area (Å²) >= 11 is 0. The SMILES string of the molecule is C=Cc1cc[n+](C)c2ccc3ccccc3c12. The highest BCUT2D eigenvalue weighted by Gasteiger charge is 2.10. The number of hydrogen-bond donors (Lipinski definition) is 0. The Balaban J connectivity index is 2.64. The quantitative estimate of drug-likeness (QED) is 0.437. The van der Waals surface area contributed by atoms with E-state index in [1.165, 1.54) is 27.2 Å². The molecule has 0 unspecified atom stereocenters. The van der Waals surface area contributed by atoms with Crippen molar-refractivity contribution in [1.82, 2.24) is 0 Å². The van der Waals surface area contributed by atoms with Crippen molar-refractivity contribution in [2.24, 2.45) is 7.05 Å². The van der Waals surface area contributed by atoms with E-state index in [0.29, 0.717) is 0 Å². The number of nitrogens with zero attached hydrogens (tertiary/aromatic N) is 1. The molecule has 0 bridgehead atoms. The van der Waals surface area contributed by atoms with Gasteiger partial charge in [0.1, 0.15) is 7.05 Å². The average molecular weight is 220 g/mol. The first-order valence-corrected chi connectivity index (χ1v) is 5.74. The van der Waals surface area contributed by atoms with Gasteiger partial charge < -0.3 is 0 Å². The zero-order valence-electron chi connectivity index (χ0n) is 9.85. The van der Waals surface area contributed by atoms with Crippen molar-refractivity contribution in [2.75, 3.05) is 0 Å². The van der Waals surface area contributed by atoms with Crippen LogP contribution in [0, 0.1) is 0 Å². The van der Waals surface area contributed by atoms with Gasteiger partial charge in [0, 0.05) is 12.1 Å². The lowest BCUT2D eigenvalue weighted by Crippen LogP contribution is -2.28. The van der Waals surface area contributed by atoms with Gasteiger partial charge in [-0.25, -0.2) is 4.57 Å². The van der Waals surface area contributed by atoms with Crippen LogP contribution in [0.3, 0.4) is 0 Å². The Bertz CT molecular complexity index is 726. The largest absolute Gasteiger partial charge is 0.213 e. The molecule has 82 valence electrons. The summed E-state index contributed by atoms with van der Waals surface area (Å²) in [6.45, 7) is 3.91. The first-order valence-electron chi connectivity index (χ1n) is 5.74. The first kappa shape index (κ1) is 10.0. The van der Waals surface area contributed by atoms with Crippen molar-refractivity contribution in [3.8, 4) is 0 Å². The summed E-state index contributed by atoms with van der Waals surface area (Å²) in [5.41, 5.74) is 2.43. The fourth-order valence-electron chi connectivity index (χ4n) is 2.38. The summed E-state index contributed by atoms with van der Waals surface area (Å²) in [7, 11) is 2.07. The summed E-state index contributed by atoms with van der Waals surface area (Å²) in [4.78, 5) is 0. The van der Waals surface area contributed by atoms with Gasteiger partial charge in [0.25, 0.3) is 0 Å². The number of rotatable bonds is 1. The number of aromatic nitrogens is 1. The molecule has 3 rings (SSSR count). The molecule has 0 radical (unpaired) electrons. The summed E-state index contributed by atoms with van der Waals surface area (Å²) in [6, 6.07) is 14.9. The number of hydrogen-bond acceptors (Lipinski definition) is 0. The van der Waals surface area contributed by atoms with Crippen molar-refractivity contribution >= 4 is 27.8 Å². The highest BCUT2D eigenvalue weighted by atomic mass is 14.9. The lowest BCUT2D eigenvalue weighted by Gasteiger charge is -2.05. The molecule has 0 saturated heterocycles. The van der Waals surface area contributed by atoms with Crippen LogP contribution in [-0.2, 0) is 7.05 Å². The first-order chi connectivity index (χ1) is 8.31. The third-order valence-electron chi connectivity index (χ3n) is 3.27. The maximum atomic E-state index is 3.91. The number of pyridine rings is 1. The smallest absolute Gasteiger partial charge is 0.201 e. The molecule has 0 fully saturated rings. The summed E-state index contributed by atoms with van der Waals surface area (Å²) in [5.74, 6) is 0. The minimum Gasteiger partial charge on any atom is -0.201 e. The Morgan fingerprint density at radius 1 is 1.06 bits per heavy atom. The van der Waals surface area contributed by atoms with Crippen LogP contribution in [-0.4, -0.2) is 0 Å². The molecule has 0 N–H and O–H groups in total. The van der Waals surface area contributed by atoms with Crippen LogP contribution in [0.2, 0.25) is 0 Å². The van der Waals surface area contributed by atoms with Crippen molar-refractivity contribution in [3.05, 3.63) is 60.8 Å². The second-order valence-electron chi connectivity index (χ2n) is 4.27. The van der Waals surface area contributed by atoms with Crippen molar-refractivity contribution in [3.63, 3.8) is 0 Å². The molecular formula is C16H14N+. The van der Waals surface area contributed by atoms with Gasteiger partial charge in [-0.05, 0) is 22.4 Å². The molecular weight excluding hydrogens is 206 g/mol. The van der Waals surface area contributed by atoms with E-state index in [1.807, 2.05) is 6.08 Å². The van der Waals surface area contributed by atoms with Crippen LogP contribution in [0.1, 0.15) is 5.56 Å². The standard InChI is InChI=1S/C16H14N/c1-3-12-10-11-17(2)15-9-8-13-6-4-5-7-14(13)16(12)15/h3-11H,1H2,2H3/q+1. The van der Waals surface area contributed by atoms with E-state index >= 15 is 0 Å². The van der Waals surface area contributed by atoms with Crippen LogP contribution in [0.4, 0.5) is 0 Å². The Hall–Kier alpha value is -2.15. The maximum Gasteiger partial charge on any atom is 0.213 e. The topological polar surface area (TPSA) is 3.88 Å². The van der Waals surface area contributed by atoms with E-state index in [4.69, 9.17) is 0 Å². The Morgan fingerprint density at radius 2 is 1.88 bits per heavy atom. The van der Waals surface area contributed by atoms with E-state index in [1.54, 1.807) is 0 Å². The van der Waals surface area contributed by atoms with Gasteiger partial charge in [-0.2, -0.15) is 0 Å². The fraction of sp³-hybridized carbons (Fsp3) is 0.0625. The van der Waals surface area contributed by atoms with Gasteiger partial charge in [0.05, 0.1) is 5.39 Å². The maximum absolute atomic E-state index is 3.91. The van der Waals surface area contributed by atoms with E-state index in [-0.39, 0.29) is 0 Å². The average Bonchev–Trinajstić information content (AvgIpc) is 2.39. The lowest BCUT2D eigenvalue weighted by atomic mass is 10.0. The Morgan fingerprint density at radius 3 is 2.71 bits per heavy atom. The minimum absolute atomic E-state index is 1.19. The molecule has 0 amide bonds. The monoisotopic (exact) mass is 220 g/mol. The van der Waals surface area contributed by atoms with Crippen molar-refractivity contribution < 1.29 is 4.57 Å². The molecule has 1 heterocycles. The molecule has 0 aliphatic rings. The van der Waals surface area contributed by atoms with Crippen LogP contribution in [0.15, 0.2) is 55.2 Å². The highest BCUT2D eigenvalue weighted by Crippen LogP contribution is 2.26. The van der Waals surface area contributed by atoms with Gasteiger partial charge in [-0.15, -0.1) is 0 Å². The van der Waals surface area contributed by atoms with E-state index in [2.05, 4.69) is 66.9 Å². The van der Waals surface area contributed by atoms with Crippen LogP contribution in [0.25, 0.3) is 27.8 Å². The molecule has 1 heteroatoms. The molecule has 3 aromatic rings. The van der Waals surface area contributed by atoms with Gasteiger partial charge in [0.2, 0.25) is 5.52 Å². The molecule has 1 nitrogen and oxygen atoms in total. The Labute approximate surface area is 101 Å². The summed E-state index contributed by atoms with van der Waals surface area (Å²) in [5, 5.41) is 3.84. The van der Waals surface area contributed by atoms with Crippen LogP contribution < -0.4 is 4.57 Å². The second kappa shape index (κ2) is 3.70. The van der Waals surface area contributed by atoms with Crippen LogP contribution in [0.5, 0.6) is 0 Å². The predicted molar refractivity (Wildman–Crippen MR) is 72.7 cm³/mol.